The smallest absolute Gasteiger partial charge is 0.0648 e. The molecule has 2 bridgehead atoms. The molecular weight excluding hydrogens is 272 g/mol. The third kappa shape index (κ3) is 2.14. The van der Waals surface area contributed by atoms with Gasteiger partial charge in [-0.15, -0.1) is 0 Å². The van der Waals surface area contributed by atoms with E-state index in [1.807, 2.05) is 0 Å². The third-order valence-electron chi connectivity index (χ3n) is 7.37. The lowest BCUT2D eigenvalue weighted by atomic mass is 9.51. The number of rotatable bonds is 0. The van der Waals surface area contributed by atoms with Crippen molar-refractivity contribution >= 4 is 0 Å². The Bertz CT molecular complexity index is 516. The molecule has 0 amide bonds. The van der Waals surface area contributed by atoms with Crippen molar-refractivity contribution in [1.29, 1.82) is 0 Å². The van der Waals surface area contributed by atoms with Crippen molar-refractivity contribution in [2.24, 2.45) is 22.7 Å². The summed E-state index contributed by atoms with van der Waals surface area (Å²) in [5.74, 6) is 0.318. The van der Waals surface area contributed by atoms with Crippen LogP contribution in [-0.4, -0.2) is 22.4 Å². The third-order valence-corrected chi connectivity index (χ3v) is 7.37. The van der Waals surface area contributed by atoms with Crippen molar-refractivity contribution in [3.63, 3.8) is 0 Å². The van der Waals surface area contributed by atoms with E-state index in [1.165, 1.54) is 11.1 Å². The predicted molar refractivity (Wildman–Crippen MR) is 90.4 cm³/mol. The van der Waals surface area contributed by atoms with E-state index >= 15 is 0 Å². The van der Waals surface area contributed by atoms with E-state index in [0.717, 1.165) is 44.1 Å². The number of hydrogen-bond acceptors (Lipinski definition) is 2. The predicted octanol–water partition coefficient (Wildman–Crippen LogP) is 4.23. The maximum absolute atomic E-state index is 11.3. The Morgan fingerprint density at radius 1 is 1.05 bits per heavy atom. The molecule has 0 aliphatic heterocycles. The highest BCUT2D eigenvalue weighted by Gasteiger charge is 2.54. The molecule has 3 aliphatic rings. The molecule has 5 atom stereocenters. The average Bonchev–Trinajstić information content (AvgIpc) is 2.41. The van der Waals surface area contributed by atoms with Gasteiger partial charge in [0.05, 0.1) is 12.2 Å². The Hall–Kier alpha value is -0.600. The van der Waals surface area contributed by atoms with Crippen LogP contribution in [0.15, 0.2) is 23.3 Å². The van der Waals surface area contributed by atoms with Gasteiger partial charge in [0.25, 0.3) is 0 Å². The molecule has 0 aromatic rings. The maximum Gasteiger partial charge on any atom is 0.0648 e. The van der Waals surface area contributed by atoms with Crippen LogP contribution in [0.4, 0.5) is 0 Å². The van der Waals surface area contributed by atoms with E-state index in [1.54, 1.807) is 0 Å². The van der Waals surface area contributed by atoms with Crippen LogP contribution in [0.5, 0.6) is 0 Å². The molecular formula is C20H32O2. The average molecular weight is 304 g/mol. The van der Waals surface area contributed by atoms with Crippen molar-refractivity contribution in [1.82, 2.24) is 0 Å². The van der Waals surface area contributed by atoms with Gasteiger partial charge < -0.3 is 10.2 Å². The minimum absolute atomic E-state index is 0.0421. The van der Waals surface area contributed by atoms with Gasteiger partial charge in [0, 0.05) is 11.3 Å². The van der Waals surface area contributed by atoms with Crippen LogP contribution in [0, 0.1) is 22.7 Å². The second-order valence-electron chi connectivity index (χ2n) is 8.81. The molecule has 0 spiro atoms. The molecule has 22 heavy (non-hydrogen) atoms. The topological polar surface area (TPSA) is 40.5 Å². The van der Waals surface area contributed by atoms with Crippen LogP contribution in [0.3, 0.4) is 0 Å². The van der Waals surface area contributed by atoms with Gasteiger partial charge >= 0.3 is 0 Å². The van der Waals surface area contributed by atoms with Gasteiger partial charge in [-0.05, 0) is 56.8 Å². The summed E-state index contributed by atoms with van der Waals surface area (Å²) < 4.78 is 0. The van der Waals surface area contributed by atoms with E-state index in [4.69, 9.17) is 0 Å². The molecule has 124 valence electrons. The quantitative estimate of drug-likeness (QED) is 0.658. The fourth-order valence-electron chi connectivity index (χ4n) is 5.85. The van der Waals surface area contributed by atoms with Crippen molar-refractivity contribution < 1.29 is 10.2 Å². The highest BCUT2D eigenvalue weighted by Crippen LogP contribution is 2.58. The van der Waals surface area contributed by atoms with Gasteiger partial charge in [0.15, 0.2) is 0 Å². The normalized spacial score (nSPS) is 45.1. The van der Waals surface area contributed by atoms with E-state index in [9.17, 15) is 10.2 Å². The largest absolute Gasteiger partial charge is 0.393 e. The van der Waals surface area contributed by atoms with Crippen LogP contribution in [0.2, 0.25) is 0 Å². The molecule has 0 heterocycles. The molecule has 2 N–H and O–H groups in total. The summed E-state index contributed by atoms with van der Waals surface area (Å²) >= 11 is 0. The highest BCUT2D eigenvalue weighted by molar-refractivity contribution is 5.29. The first-order chi connectivity index (χ1) is 10.2. The lowest BCUT2D eigenvalue weighted by molar-refractivity contribution is -0.106. The maximum atomic E-state index is 11.3. The summed E-state index contributed by atoms with van der Waals surface area (Å²) in [6, 6.07) is 0. The van der Waals surface area contributed by atoms with E-state index < -0.39 is 0 Å². The van der Waals surface area contributed by atoms with Gasteiger partial charge in [-0.1, -0.05) is 44.1 Å². The minimum Gasteiger partial charge on any atom is -0.393 e. The van der Waals surface area contributed by atoms with E-state index in [-0.39, 0.29) is 34.9 Å². The molecule has 0 aromatic carbocycles. The zero-order chi connectivity index (χ0) is 16.3. The van der Waals surface area contributed by atoms with Crippen LogP contribution >= 0.6 is 0 Å². The number of aliphatic hydroxyl groups excluding tert-OH is 2. The van der Waals surface area contributed by atoms with E-state index in [0.29, 0.717) is 0 Å². The summed E-state index contributed by atoms with van der Waals surface area (Å²) in [5, 5.41) is 22.0. The molecule has 2 saturated carbocycles. The van der Waals surface area contributed by atoms with Crippen LogP contribution < -0.4 is 0 Å². The summed E-state index contributed by atoms with van der Waals surface area (Å²) in [6.07, 6.45) is 5.12. The lowest BCUT2D eigenvalue weighted by Crippen LogP contribution is -2.54. The summed E-state index contributed by atoms with van der Waals surface area (Å²) in [7, 11) is 0. The zero-order valence-electron chi connectivity index (χ0n) is 14.7. The lowest BCUT2D eigenvalue weighted by Gasteiger charge is -2.56. The molecule has 3 aliphatic carbocycles. The molecule has 0 aromatic heterocycles. The second-order valence-corrected chi connectivity index (χ2v) is 8.81. The molecule has 2 heteroatoms. The fraction of sp³-hybridized carbons (Fsp3) is 0.800. The summed E-state index contributed by atoms with van der Waals surface area (Å²) in [4.78, 5) is 0. The first kappa shape index (κ1) is 16.3. The molecule has 2 nitrogen and oxygen atoms in total. The molecule has 0 radical (unpaired) electrons. The Morgan fingerprint density at radius 3 is 2.41 bits per heavy atom. The Labute approximate surface area is 135 Å². The second kappa shape index (κ2) is 5.21. The standard InChI is InChI=1S/C20H32O2/c1-12-6-8-15-18(22)17-13(2)7-9-16(21)20(17,5)11-10-14(12)19(15,3)4/h15-18,21-22H,2,6-11H2,1,3-5H3/t15-,16-,17-,18+,20+/m0/s1. The Balaban J connectivity index is 2.10. The van der Waals surface area contributed by atoms with Crippen LogP contribution in [0.1, 0.15) is 66.2 Å². The molecule has 0 saturated heterocycles. The van der Waals surface area contributed by atoms with Crippen molar-refractivity contribution in [3.8, 4) is 0 Å². The number of aliphatic hydroxyl groups is 2. The summed E-state index contributed by atoms with van der Waals surface area (Å²) in [5.41, 5.74) is 4.04. The number of allylic oxidation sites excluding steroid dienone is 2. The Morgan fingerprint density at radius 2 is 1.73 bits per heavy atom. The number of fused-ring (bicyclic) bond motifs is 3. The van der Waals surface area contributed by atoms with Crippen molar-refractivity contribution in [3.05, 3.63) is 23.3 Å². The van der Waals surface area contributed by atoms with Crippen molar-refractivity contribution in [2.45, 2.75) is 78.4 Å². The molecule has 2 fully saturated rings. The fourth-order valence-corrected chi connectivity index (χ4v) is 5.85. The monoisotopic (exact) mass is 304 g/mol. The van der Waals surface area contributed by atoms with Gasteiger partial charge in [-0.2, -0.15) is 0 Å². The highest BCUT2D eigenvalue weighted by atomic mass is 16.3. The van der Waals surface area contributed by atoms with Gasteiger partial charge in [-0.25, -0.2) is 0 Å². The first-order valence-electron chi connectivity index (χ1n) is 8.92. The van der Waals surface area contributed by atoms with Crippen molar-refractivity contribution in [2.75, 3.05) is 0 Å². The SMILES string of the molecule is C=C1CC[C@H](O)[C@@]2(C)CCC3=C(C)CC[C@@H]([C@@H](O)[C@H]12)C3(C)C. The number of hydrogen-bond donors (Lipinski definition) is 2. The van der Waals surface area contributed by atoms with Crippen LogP contribution in [0.25, 0.3) is 0 Å². The van der Waals surface area contributed by atoms with Gasteiger partial charge in [0.1, 0.15) is 0 Å². The Kier molecular flexibility index (Phi) is 3.85. The first-order valence-corrected chi connectivity index (χ1v) is 8.92. The van der Waals surface area contributed by atoms with Crippen LogP contribution in [-0.2, 0) is 0 Å². The van der Waals surface area contributed by atoms with Gasteiger partial charge in [0.2, 0.25) is 0 Å². The molecule has 3 rings (SSSR count). The summed E-state index contributed by atoms with van der Waals surface area (Å²) in [6.45, 7) is 13.3. The minimum atomic E-state index is -0.383. The van der Waals surface area contributed by atoms with E-state index in [2.05, 4.69) is 34.3 Å². The van der Waals surface area contributed by atoms with Gasteiger partial charge in [-0.3, -0.25) is 0 Å². The molecule has 0 unspecified atom stereocenters. The zero-order valence-corrected chi connectivity index (χ0v) is 14.7.